The van der Waals surface area contributed by atoms with Crippen LogP contribution in [0.1, 0.15) is 22.3 Å². The average Bonchev–Trinajstić information content (AvgIpc) is 2.68. The maximum atomic E-state index is 13.4. The highest BCUT2D eigenvalue weighted by Gasteiger charge is 2.16. The van der Waals surface area contributed by atoms with Crippen molar-refractivity contribution in [3.63, 3.8) is 0 Å². The number of fused-ring (bicyclic) bond motifs is 1. The molecule has 0 aliphatic carbocycles. The molecule has 0 radical (unpaired) electrons. The quantitative estimate of drug-likeness (QED) is 0.544. The molecule has 0 saturated carbocycles. The first kappa shape index (κ1) is 18.0. The monoisotopic (exact) mass is 370 g/mol. The van der Waals surface area contributed by atoms with Crippen LogP contribution in [0.5, 0.6) is 0 Å². The normalized spacial score (nSPS) is 11.1. The standard InChI is InChI=1S/C24H22N2O2/c1-16-8-11-19(12-9-16)15-25-22-7-5-4-6-20(22)23(27)26(24(25)28)21-13-10-17(2)14-18(21)3/h4-14H,15H2,1-3H3. The zero-order chi connectivity index (χ0) is 19.8. The van der Waals surface area contributed by atoms with Gasteiger partial charge in [0.1, 0.15) is 0 Å². The SMILES string of the molecule is Cc1ccc(Cn2c(=O)n(-c3ccc(C)cc3C)c(=O)c3ccccc32)cc1. The number of para-hydroxylation sites is 1. The van der Waals surface area contributed by atoms with Crippen LogP contribution in [-0.4, -0.2) is 9.13 Å². The smallest absolute Gasteiger partial charge is 0.288 e. The minimum Gasteiger partial charge on any atom is -0.288 e. The predicted octanol–water partition coefficient (Wildman–Crippen LogP) is 4.13. The highest BCUT2D eigenvalue weighted by atomic mass is 16.2. The Labute approximate surface area is 163 Å². The number of hydrogen-bond donors (Lipinski definition) is 0. The zero-order valence-electron chi connectivity index (χ0n) is 16.3. The molecule has 0 spiro atoms. The van der Waals surface area contributed by atoms with Crippen LogP contribution in [-0.2, 0) is 6.54 Å². The van der Waals surface area contributed by atoms with E-state index in [1.165, 1.54) is 10.1 Å². The van der Waals surface area contributed by atoms with Gasteiger partial charge in [0.25, 0.3) is 5.56 Å². The Hall–Kier alpha value is -3.40. The molecule has 140 valence electrons. The van der Waals surface area contributed by atoms with E-state index >= 15 is 0 Å². The van der Waals surface area contributed by atoms with Crippen molar-refractivity contribution in [1.82, 2.24) is 9.13 Å². The summed E-state index contributed by atoms with van der Waals surface area (Å²) < 4.78 is 2.98. The molecule has 0 atom stereocenters. The van der Waals surface area contributed by atoms with Crippen molar-refractivity contribution in [2.45, 2.75) is 27.3 Å². The second-order valence-corrected chi connectivity index (χ2v) is 7.30. The van der Waals surface area contributed by atoms with E-state index in [-0.39, 0.29) is 11.2 Å². The third kappa shape index (κ3) is 3.07. The van der Waals surface area contributed by atoms with E-state index in [0.717, 1.165) is 16.7 Å². The molecule has 1 heterocycles. The van der Waals surface area contributed by atoms with Crippen LogP contribution in [0.25, 0.3) is 16.6 Å². The van der Waals surface area contributed by atoms with Crippen LogP contribution in [0.3, 0.4) is 0 Å². The molecule has 3 aromatic carbocycles. The van der Waals surface area contributed by atoms with Crippen LogP contribution >= 0.6 is 0 Å². The van der Waals surface area contributed by atoms with E-state index in [9.17, 15) is 9.59 Å². The van der Waals surface area contributed by atoms with Gasteiger partial charge in [-0.05, 0) is 50.1 Å². The number of benzene rings is 3. The number of rotatable bonds is 3. The van der Waals surface area contributed by atoms with Gasteiger partial charge in [-0.1, -0.05) is 59.7 Å². The highest BCUT2D eigenvalue weighted by Crippen LogP contribution is 2.16. The second-order valence-electron chi connectivity index (χ2n) is 7.30. The zero-order valence-corrected chi connectivity index (χ0v) is 16.3. The Morgan fingerprint density at radius 1 is 0.786 bits per heavy atom. The van der Waals surface area contributed by atoms with Crippen molar-refractivity contribution in [2.75, 3.05) is 0 Å². The van der Waals surface area contributed by atoms with E-state index in [2.05, 4.69) is 0 Å². The van der Waals surface area contributed by atoms with Crippen molar-refractivity contribution in [2.24, 2.45) is 0 Å². The summed E-state index contributed by atoms with van der Waals surface area (Å²) in [5.74, 6) is 0. The summed E-state index contributed by atoms with van der Waals surface area (Å²) in [4.78, 5) is 26.6. The van der Waals surface area contributed by atoms with Crippen molar-refractivity contribution in [3.05, 3.63) is 110 Å². The van der Waals surface area contributed by atoms with Gasteiger partial charge in [0.15, 0.2) is 0 Å². The summed E-state index contributed by atoms with van der Waals surface area (Å²) in [6.45, 7) is 6.36. The molecule has 0 fully saturated rings. The molecule has 0 bridgehead atoms. The van der Waals surface area contributed by atoms with Gasteiger partial charge in [-0.2, -0.15) is 0 Å². The van der Waals surface area contributed by atoms with E-state index in [1.807, 2.05) is 81.4 Å². The lowest BCUT2D eigenvalue weighted by Gasteiger charge is -2.16. The largest absolute Gasteiger partial charge is 0.336 e. The van der Waals surface area contributed by atoms with Gasteiger partial charge in [0.2, 0.25) is 0 Å². The van der Waals surface area contributed by atoms with Crippen molar-refractivity contribution < 1.29 is 0 Å². The summed E-state index contributed by atoms with van der Waals surface area (Å²) in [7, 11) is 0. The van der Waals surface area contributed by atoms with E-state index in [4.69, 9.17) is 0 Å². The molecule has 4 rings (SSSR count). The van der Waals surface area contributed by atoms with Crippen LogP contribution in [0.2, 0.25) is 0 Å². The molecule has 0 unspecified atom stereocenters. The fourth-order valence-electron chi connectivity index (χ4n) is 3.62. The van der Waals surface area contributed by atoms with Crippen LogP contribution in [0, 0.1) is 20.8 Å². The van der Waals surface area contributed by atoms with Crippen LogP contribution in [0.15, 0.2) is 76.3 Å². The molecular weight excluding hydrogens is 348 g/mol. The lowest BCUT2D eigenvalue weighted by Crippen LogP contribution is -2.39. The Morgan fingerprint density at radius 3 is 2.18 bits per heavy atom. The van der Waals surface area contributed by atoms with E-state index < -0.39 is 0 Å². The summed E-state index contributed by atoms with van der Waals surface area (Å²) >= 11 is 0. The molecule has 4 nitrogen and oxygen atoms in total. The number of nitrogens with zero attached hydrogens (tertiary/aromatic N) is 2. The molecule has 0 amide bonds. The lowest BCUT2D eigenvalue weighted by molar-refractivity contribution is 0.713. The first-order chi connectivity index (χ1) is 13.5. The van der Waals surface area contributed by atoms with Crippen LogP contribution < -0.4 is 11.2 Å². The number of aromatic nitrogens is 2. The number of aryl methyl sites for hydroxylation is 3. The molecule has 0 aliphatic heterocycles. The molecule has 28 heavy (non-hydrogen) atoms. The Morgan fingerprint density at radius 2 is 1.46 bits per heavy atom. The summed E-state index contributed by atoms with van der Waals surface area (Å²) in [5.41, 5.74) is 4.85. The van der Waals surface area contributed by atoms with Crippen molar-refractivity contribution >= 4 is 10.9 Å². The molecule has 4 aromatic rings. The van der Waals surface area contributed by atoms with Gasteiger partial charge in [-0.25, -0.2) is 9.36 Å². The Kier molecular flexibility index (Phi) is 4.47. The first-order valence-electron chi connectivity index (χ1n) is 9.33. The minimum absolute atomic E-state index is 0.285. The molecule has 4 heteroatoms. The topological polar surface area (TPSA) is 44.0 Å². The molecule has 0 saturated heterocycles. The van der Waals surface area contributed by atoms with Gasteiger partial charge in [0, 0.05) is 0 Å². The maximum Gasteiger partial charge on any atom is 0.336 e. The molecular formula is C24H22N2O2. The third-order valence-corrected chi connectivity index (χ3v) is 5.11. The third-order valence-electron chi connectivity index (χ3n) is 5.11. The summed E-state index contributed by atoms with van der Waals surface area (Å²) in [5, 5.41) is 0.536. The lowest BCUT2D eigenvalue weighted by atomic mass is 10.1. The van der Waals surface area contributed by atoms with Gasteiger partial charge in [-0.3, -0.25) is 9.36 Å². The van der Waals surface area contributed by atoms with Crippen molar-refractivity contribution in [1.29, 1.82) is 0 Å². The first-order valence-corrected chi connectivity index (χ1v) is 9.33. The van der Waals surface area contributed by atoms with Gasteiger partial charge >= 0.3 is 5.69 Å². The molecule has 0 N–H and O–H groups in total. The minimum atomic E-state index is -0.323. The van der Waals surface area contributed by atoms with Crippen LogP contribution in [0.4, 0.5) is 0 Å². The van der Waals surface area contributed by atoms with E-state index in [0.29, 0.717) is 23.1 Å². The van der Waals surface area contributed by atoms with Crippen molar-refractivity contribution in [3.8, 4) is 5.69 Å². The Bertz CT molecular complexity index is 1300. The number of hydrogen-bond acceptors (Lipinski definition) is 2. The van der Waals surface area contributed by atoms with Gasteiger partial charge in [0.05, 0.1) is 23.1 Å². The summed E-state index contributed by atoms with van der Waals surface area (Å²) in [6.07, 6.45) is 0. The highest BCUT2D eigenvalue weighted by molar-refractivity contribution is 5.78. The average molecular weight is 370 g/mol. The maximum absolute atomic E-state index is 13.4. The summed E-state index contributed by atoms with van der Waals surface area (Å²) in [6, 6.07) is 21.1. The second kappa shape index (κ2) is 6.97. The Balaban J connectivity index is 2.03. The predicted molar refractivity (Wildman–Crippen MR) is 114 cm³/mol. The fourth-order valence-corrected chi connectivity index (χ4v) is 3.62. The van der Waals surface area contributed by atoms with Gasteiger partial charge in [-0.15, -0.1) is 0 Å². The van der Waals surface area contributed by atoms with E-state index in [1.54, 1.807) is 10.6 Å². The van der Waals surface area contributed by atoms with Gasteiger partial charge < -0.3 is 0 Å². The fraction of sp³-hybridized carbons (Fsp3) is 0.167. The molecule has 0 aliphatic rings. The molecule has 1 aromatic heterocycles.